The van der Waals surface area contributed by atoms with Gasteiger partial charge in [-0.05, 0) is 26.7 Å². The molecule has 0 amide bonds. The van der Waals surface area contributed by atoms with Crippen LogP contribution in [0.5, 0.6) is 0 Å². The van der Waals surface area contributed by atoms with Gasteiger partial charge in [0.1, 0.15) is 7.14 Å². The van der Waals surface area contributed by atoms with Gasteiger partial charge < -0.3 is 4.57 Å². The van der Waals surface area contributed by atoms with Crippen molar-refractivity contribution in [2.45, 2.75) is 39.3 Å². The monoisotopic (exact) mass is 288 g/mol. The van der Waals surface area contributed by atoms with E-state index < -0.39 is 7.14 Å². The molecule has 0 aliphatic heterocycles. The van der Waals surface area contributed by atoms with Crippen LogP contribution in [0.15, 0.2) is 71.9 Å². The van der Waals surface area contributed by atoms with Gasteiger partial charge in [0.2, 0.25) is 0 Å². The van der Waals surface area contributed by atoms with E-state index >= 15 is 0 Å². The third-order valence-corrected chi connectivity index (χ3v) is 6.91. The van der Waals surface area contributed by atoms with Crippen molar-refractivity contribution in [1.29, 1.82) is 0 Å². The van der Waals surface area contributed by atoms with Crippen LogP contribution >= 0.6 is 7.14 Å². The van der Waals surface area contributed by atoms with Gasteiger partial charge in [-0.1, -0.05) is 68.2 Å². The minimum absolute atomic E-state index is 0.0175. The normalized spacial score (nSPS) is 22.6. The quantitative estimate of drug-likeness (QED) is 0.420. The van der Waals surface area contributed by atoms with Gasteiger partial charge in [-0.2, -0.15) is 0 Å². The zero-order chi connectivity index (χ0) is 15.0. The summed E-state index contributed by atoms with van der Waals surface area (Å²) in [5.74, 6) is 0. The lowest BCUT2D eigenvalue weighted by Gasteiger charge is -2.28. The van der Waals surface area contributed by atoms with Crippen LogP contribution in [0.2, 0.25) is 0 Å². The number of hydrogen-bond donors (Lipinski definition) is 0. The molecule has 0 saturated carbocycles. The molecule has 1 nitrogen and oxygen atoms in total. The second-order valence-electron chi connectivity index (χ2n) is 4.79. The predicted molar refractivity (Wildman–Crippen MR) is 91.4 cm³/mol. The molecule has 0 aromatic carbocycles. The minimum Gasteiger partial charge on any atom is -0.313 e. The maximum Gasteiger partial charge on any atom is 0.149 e. The Balaban J connectivity index is 3.28. The highest BCUT2D eigenvalue weighted by molar-refractivity contribution is 7.73. The SMILES string of the molecule is C=C(/C=C\CC)P(=O)(C(/C=C\C)=C/C)[C@H]1C=CC=CC1. The Hall–Kier alpha value is -1.33. The van der Waals surface area contributed by atoms with E-state index in [-0.39, 0.29) is 5.66 Å². The summed E-state index contributed by atoms with van der Waals surface area (Å²) in [5, 5.41) is 1.64. The topological polar surface area (TPSA) is 17.1 Å². The van der Waals surface area contributed by atoms with E-state index in [9.17, 15) is 4.57 Å². The number of rotatable bonds is 6. The number of allylic oxidation sites excluding steroid dienone is 11. The second kappa shape index (κ2) is 8.07. The lowest BCUT2D eigenvalue weighted by Crippen LogP contribution is -2.08. The fourth-order valence-electron chi connectivity index (χ4n) is 2.34. The molecule has 20 heavy (non-hydrogen) atoms. The molecule has 1 aliphatic rings. The van der Waals surface area contributed by atoms with Crippen molar-refractivity contribution < 1.29 is 4.57 Å². The van der Waals surface area contributed by atoms with E-state index in [0.29, 0.717) is 0 Å². The lowest BCUT2D eigenvalue weighted by molar-refractivity contribution is 0.579. The summed E-state index contributed by atoms with van der Waals surface area (Å²) in [6, 6.07) is 0. The first-order chi connectivity index (χ1) is 9.61. The van der Waals surface area contributed by atoms with Crippen LogP contribution in [0, 0.1) is 0 Å². The van der Waals surface area contributed by atoms with Crippen LogP contribution in [0.25, 0.3) is 0 Å². The summed E-state index contributed by atoms with van der Waals surface area (Å²) >= 11 is 0. The fraction of sp³-hybridized carbons (Fsp3) is 0.333. The molecule has 1 unspecified atom stereocenters. The zero-order valence-electron chi connectivity index (χ0n) is 12.8. The van der Waals surface area contributed by atoms with Crippen molar-refractivity contribution in [1.82, 2.24) is 0 Å². The van der Waals surface area contributed by atoms with Crippen LogP contribution in [-0.2, 0) is 4.57 Å². The van der Waals surface area contributed by atoms with Gasteiger partial charge in [0, 0.05) is 16.3 Å². The summed E-state index contributed by atoms with van der Waals surface area (Å²) in [4.78, 5) is 0. The van der Waals surface area contributed by atoms with Gasteiger partial charge in [0.05, 0.1) is 0 Å². The van der Waals surface area contributed by atoms with Crippen molar-refractivity contribution >= 4 is 7.14 Å². The first-order valence-electron chi connectivity index (χ1n) is 7.19. The largest absolute Gasteiger partial charge is 0.313 e. The van der Waals surface area contributed by atoms with E-state index in [0.717, 1.165) is 23.5 Å². The van der Waals surface area contributed by atoms with Crippen LogP contribution < -0.4 is 0 Å². The Kier molecular flexibility index (Phi) is 6.75. The summed E-state index contributed by atoms with van der Waals surface area (Å²) in [6.07, 6.45) is 19.7. The third kappa shape index (κ3) is 3.61. The van der Waals surface area contributed by atoms with E-state index in [1.54, 1.807) is 0 Å². The Morgan fingerprint density at radius 2 is 2.10 bits per heavy atom. The molecule has 1 rings (SSSR count). The third-order valence-electron chi connectivity index (χ3n) is 3.41. The van der Waals surface area contributed by atoms with E-state index in [1.165, 1.54) is 0 Å². The van der Waals surface area contributed by atoms with Gasteiger partial charge in [-0.25, -0.2) is 0 Å². The molecule has 0 aromatic heterocycles. The maximum atomic E-state index is 13.7. The molecule has 0 heterocycles. The van der Waals surface area contributed by atoms with Crippen molar-refractivity contribution in [3.63, 3.8) is 0 Å². The average molecular weight is 288 g/mol. The molecule has 0 N–H and O–H groups in total. The minimum atomic E-state index is -2.69. The average Bonchev–Trinajstić information content (AvgIpc) is 2.50. The lowest BCUT2D eigenvalue weighted by atomic mass is 10.2. The fourth-order valence-corrected chi connectivity index (χ4v) is 5.32. The molecular formula is C18H25OP. The van der Waals surface area contributed by atoms with E-state index in [2.05, 4.69) is 25.7 Å². The zero-order valence-corrected chi connectivity index (χ0v) is 13.6. The molecule has 0 aromatic rings. The first-order valence-corrected chi connectivity index (χ1v) is 8.97. The molecule has 108 valence electrons. The van der Waals surface area contributed by atoms with E-state index in [4.69, 9.17) is 0 Å². The standard InChI is InChI=1S/C18H25OP/c1-5-8-13-16(4)20(19,17(7-3)12-6-2)18-14-10-9-11-15-18/h6-14,18H,4-5,15H2,1-3H3/b12-6-,13-8-,17-7+/t18-,20?/m0/s1. The highest BCUT2D eigenvalue weighted by Gasteiger charge is 2.35. The summed E-state index contributed by atoms with van der Waals surface area (Å²) in [6.45, 7) is 10.1. The van der Waals surface area contributed by atoms with Crippen LogP contribution in [0.1, 0.15) is 33.6 Å². The first kappa shape index (κ1) is 16.7. The number of hydrogen-bond acceptors (Lipinski definition) is 1. The Labute approximate surface area is 123 Å². The highest BCUT2D eigenvalue weighted by Crippen LogP contribution is 2.66. The molecule has 2 heteroatoms. The van der Waals surface area contributed by atoms with Crippen LogP contribution in [0.4, 0.5) is 0 Å². The Bertz CT molecular complexity index is 530. The van der Waals surface area contributed by atoms with Crippen molar-refractivity contribution in [2.24, 2.45) is 0 Å². The Morgan fingerprint density at radius 1 is 1.35 bits per heavy atom. The van der Waals surface area contributed by atoms with Crippen LogP contribution in [0.3, 0.4) is 0 Å². The van der Waals surface area contributed by atoms with Crippen molar-refractivity contribution in [2.75, 3.05) is 0 Å². The summed E-state index contributed by atoms with van der Waals surface area (Å²) < 4.78 is 13.7. The van der Waals surface area contributed by atoms with Gasteiger partial charge in [0.25, 0.3) is 0 Å². The predicted octanol–water partition coefficient (Wildman–Crippen LogP) is 6.19. The van der Waals surface area contributed by atoms with E-state index in [1.807, 2.05) is 56.4 Å². The smallest absolute Gasteiger partial charge is 0.149 e. The van der Waals surface area contributed by atoms with Crippen LogP contribution in [-0.4, -0.2) is 5.66 Å². The molecular weight excluding hydrogens is 263 g/mol. The second-order valence-corrected chi connectivity index (χ2v) is 7.86. The van der Waals surface area contributed by atoms with Crippen molar-refractivity contribution in [3.8, 4) is 0 Å². The van der Waals surface area contributed by atoms with Gasteiger partial charge in [-0.15, -0.1) is 0 Å². The Morgan fingerprint density at radius 3 is 2.60 bits per heavy atom. The molecule has 1 aliphatic carbocycles. The molecule has 0 saturated heterocycles. The van der Waals surface area contributed by atoms with Gasteiger partial charge >= 0.3 is 0 Å². The molecule has 0 spiro atoms. The van der Waals surface area contributed by atoms with Gasteiger partial charge in [0.15, 0.2) is 0 Å². The summed E-state index contributed by atoms with van der Waals surface area (Å²) in [5.41, 5.74) is 0.0175. The maximum absolute atomic E-state index is 13.7. The highest BCUT2D eigenvalue weighted by atomic mass is 31.2. The molecule has 2 atom stereocenters. The van der Waals surface area contributed by atoms with Crippen molar-refractivity contribution in [3.05, 3.63) is 71.9 Å². The molecule has 0 fully saturated rings. The molecule has 0 radical (unpaired) electrons. The molecule has 0 bridgehead atoms. The van der Waals surface area contributed by atoms with Gasteiger partial charge in [-0.3, -0.25) is 0 Å². The summed E-state index contributed by atoms with van der Waals surface area (Å²) in [7, 11) is -2.69.